The quantitative estimate of drug-likeness (QED) is 0.703. The van der Waals surface area contributed by atoms with Crippen LogP contribution in [0.4, 0.5) is 11.6 Å². The summed E-state index contributed by atoms with van der Waals surface area (Å²) in [5.41, 5.74) is 0. The molecule has 0 amide bonds. The van der Waals surface area contributed by atoms with E-state index in [0.717, 1.165) is 37.1 Å². The number of anilines is 2. The van der Waals surface area contributed by atoms with Gasteiger partial charge in [0.25, 0.3) is 0 Å². The minimum atomic E-state index is 0.716. The summed E-state index contributed by atoms with van der Waals surface area (Å²) in [5.74, 6) is 3.27. The van der Waals surface area contributed by atoms with Gasteiger partial charge in [-0.3, -0.25) is 0 Å². The summed E-state index contributed by atoms with van der Waals surface area (Å²) < 4.78 is 0. The predicted molar refractivity (Wildman–Crippen MR) is 65.8 cm³/mol. The van der Waals surface area contributed by atoms with Crippen molar-refractivity contribution in [1.29, 1.82) is 0 Å². The summed E-state index contributed by atoms with van der Waals surface area (Å²) in [6, 6.07) is 1.94. The van der Waals surface area contributed by atoms with Crippen LogP contribution in [0.5, 0.6) is 0 Å². The second kappa shape index (κ2) is 5.12. The van der Waals surface area contributed by atoms with Gasteiger partial charge in [-0.25, -0.2) is 9.97 Å². The van der Waals surface area contributed by atoms with Crippen LogP contribution in [-0.4, -0.2) is 36.6 Å². The third-order valence-corrected chi connectivity index (χ3v) is 2.83. The number of aryl methyl sites for hydroxylation is 1. The largest absolute Gasteiger partial charge is 0.373 e. The Hall–Kier alpha value is -1.36. The summed E-state index contributed by atoms with van der Waals surface area (Å²) in [6.07, 6.45) is 1.25. The van der Waals surface area contributed by atoms with Gasteiger partial charge in [0.1, 0.15) is 17.5 Å². The van der Waals surface area contributed by atoms with Gasteiger partial charge in [0, 0.05) is 19.7 Å². The summed E-state index contributed by atoms with van der Waals surface area (Å²) in [6.45, 7) is 5.13. The zero-order valence-corrected chi connectivity index (χ0v) is 9.88. The van der Waals surface area contributed by atoms with Crippen molar-refractivity contribution in [2.75, 3.05) is 37.3 Å². The van der Waals surface area contributed by atoms with E-state index in [9.17, 15) is 0 Å². The number of aromatic nitrogens is 2. The van der Waals surface area contributed by atoms with E-state index in [1.54, 1.807) is 0 Å². The van der Waals surface area contributed by atoms with Crippen molar-refractivity contribution >= 4 is 11.6 Å². The van der Waals surface area contributed by atoms with Crippen molar-refractivity contribution in [1.82, 2.24) is 15.3 Å². The van der Waals surface area contributed by atoms with Gasteiger partial charge >= 0.3 is 0 Å². The van der Waals surface area contributed by atoms with Crippen molar-refractivity contribution in [3.05, 3.63) is 11.9 Å². The highest BCUT2D eigenvalue weighted by Crippen LogP contribution is 2.13. The number of nitrogens with one attached hydrogen (secondary N) is 3. The Bertz CT molecular complexity index is 346. The number of hydrogen-bond acceptors (Lipinski definition) is 5. The van der Waals surface area contributed by atoms with Crippen molar-refractivity contribution in [2.24, 2.45) is 5.92 Å². The lowest BCUT2D eigenvalue weighted by molar-refractivity contribution is 0.614. The number of rotatable bonds is 4. The van der Waals surface area contributed by atoms with Gasteiger partial charge in [-0.1, -0.05) is 0 Å². The molecule has 2 heterocycles. The molecule has 0 bridgehead atoms. The normalized spacial score (nSPS) is 19.8. The molecule has 5 heteroatoms. The fourth-order valence-corrected chi connectivity index (χ4v) is 1.92. The molecule has 0 saturated carbocycles. The lowest BCUT2D eigenvalue weighted by atomic mass is 10.1. The second-order valence-corrected chi connectivity index (χ2v) is 4.18. The number of nitrogens with zero attached hydrogens (tertiary/aromatic N) is 2. The molecule has 0 aromatic carbocycles. The summed E-state index contributed by atoms with van der Waals surface area (Å²) in [7, 11) is 1.87. The van der Waals surface area contributed by atoms with E-state index >= 15 is 0 Å². The molecular formula is C11H19N5. The summed E-state index contributed by atoms with van der Waals surface area (Å²) in [4.78, 5) is 8.62. The average Bonchev–Trinajstić information content (AvgIpc) is 2.78. The van der Waals surface area contributed by atoms with E-state index in [2.05, 4.69) is 25.9 Å². The Morgan fingerprint density at radius 1 is 1.44 bits per heavy atom. The van der Waals surface area contributed by atoms with Crippen molar-refractivity contribution < 1.29 is 0 Å². The third kappa shape index (κ3) is 2.82. The van der Waals surface area contributed by atoms with Crippen LogP contribution >= 0.6 is 0 Å². The Kier molecular flexibility index (Phi) is 3.56. The molecule has 3 N–H and O–H groups in total. The summed E-state index contributed by atoms with van der Waals surface area (Å²) >= 11 is 0. The molecule has 1 aromatic rings. The van der Waals surface area contributed by atoms with E-state index in [1.807, 2.05) is 20.0 Å². The first kappa shape index (κ1) is 11.1. The van der Waals surface area contributed by atoms with Gasteiger partial charge in [-0.15, -0.1) is 0 Å². The Morgan fingerprint density at radius 3 is 2.94 bits per heavy atom. The maximum atomic E-state index is 4.36. The van der Waals surface area contributed by atoms with Crippen molar-refractivity contribution in [3.63, 3.8) is 0 Å². The maximum Gasteiger partial charge on any atom is 0.131 e. The van der Waals surface area contributed by atoms with E-state index in [-0.39, 0.29) is 0 Å². The molecule has 1 aliphatic rings. The molecule has 5 nitrogen and oxygen atoms in total. The Balaban J connectivity index is 1.94. The Morgan fingerprint density at radius 2 is 2.25 bits per heavy atom. The lowest BCUT2D eigenvalue weighted by Crippen LogP contribution is -2.18. The molecular weight excluding hydrogens is 202 g/mol. The fourth-order valence-electron chi connectivity index (χ4n) is 1.92. The van der Waals surface area contributed by atoms with Crippen LogP contribution in [0.2, 0.25) is 0 Å². The summed E-state index contributed by atoms with van der Waals surface area (Å²) in [5, 5.41) is 9.76. The lowest BCUT2D eigenvalue weighted by Gasteiger charge is -2.11. The van der Waals surface area contributed by atoms with Gasteiger partial charge in [-0.05, 0) is 32.4 Å². The highest BCUT2D eigenvalue weighted by molar-refractivity contribution is 5.47. The highest BCUT2D eigenvalue weighted by atomic mass is 15.1. The van der Waals surface area contributed by atoms with E-state index < -0.39 is 0 Å². The van der Waals surface area contributed by atoms with Crippen LogP contribution in [0.3, 0.4) is 0 Å². The molecule has 1 aromatic heterocycles. The molecule has 1 unspecified atom stereocenters. The van der Waals surface area contributed by atoms with Crippen molar-refractivity contribution in [2.45, 2.75) is 13.3 Å². The second-order valence-electron chi connectivity index (χ2n) is 4.18. The molecule has 0 aliphatic carbocycles. The minimum absolute atomic E-state index is 0.716. The topological polar surface area (TPSA) is 61.9 Å². The zero-order valence-electron chi connectivity index (χ0n) is 9.88. The smallest absolute Gasteiger partial charge is 0.131 e. The van der Waals surface area contributed by atoms with E-state index in [4.69, 9.17) is 0 Å². The van der Waals surface area contributed by atoms with Gasteiger partial charge < -0.3 is 16.0 Å². The standard InChI is InChI=1S/C11H19N5/c1-8-15-10(12-2)5-11(16-8)14-7-9-3-4-13-6-9/h5,9,13H,3-4,6-7H2,1-2H3,(H2,12,14,15,16). The Labute approximate surface area is 96.1 Å². The van der Waals surface area contributed by atoms with Gasteiger partial charge in [0.05, 0.1) is 0 Å². The average molecular weight is 221 g/mol. The van der Waals surface area contributed by atoms with Gasteiger partial charge in [0.2, 0.25) is 0 Å². The van der Waals surface area contributed by atoms with Gasteiger partial charge in [-0.2, -0.15) is 0 Å². The SMILES string of the molecule is CNc1cc(NCC2CCNC2)nc(C)n1. The van der Waals surface area contributed by atoms with Crippen molar-refractivity contribution in [3.8, 4) is 0 Å². The molecule has 1 atom stereocenters. The maximum absolute atomic E-state index is 4.36. The van der Waals surface area contributed by atoms with Crippen LogP contribution < -0.4 is 16.0 Å². The zero-order chi connectivity index (χ0) is 11.4. The first-order valence-electron chi connectivity index (χ1n) is 5.76. The molecule has 1 aliphatic heterocycles. The molecule has 16 heavy (non-hydrogen) atoms. The monoisotopic (exact) mass is 221 g/mol. The first-order valence-corrected chi connectivity index (χ1v) is 5.76. The third-order valence-electron chi connectivity index (χ3n) is 2.83. The molecule has 1 saturated heterocycles. The number of hydrogen-bond donors (Lipinski definition) is 3. The molecule has 0 radical (unpaired) electrons. The molecule has 1 fully saturated rings. The highest BCUT2D eigenvalue weighted by Gasteiger charge is 2.14. The van der Waals surface area contributed by atoms with Crippen LogP contribution in [-0.2, 0) is 0 Å². The predicted octanol–water partition coefficient (Wildman–Crippen LogP) is 0.848. The van der Waals surface area contributed by atoms with Gasteiger partial charge in [0.15, 0.2) is 0 Å². The van der Waals surface area contributed by atoms with E-state index in [1.165, 1.54) is 6.42 Å². The molecule has 88 valence electrons. The van der Waals surface area contributed by atoms with Crippen LogP contribution in [0.1, 0.15) is 12.2 Å². The van der Waals surface area contributed by atoms with Crippen LogP contribution in [0.15, 0.2) is 6.07 Å². The first-order chi connectivity index (χ1) is 7.78. The van der Waals surface area contributed by atoms with Crippen LogP contribution in [0, 0.1) is 12.8 Å². The van der Waals surface area contributed by atoms with E-state index in [0.29, 0.717) is 5.92 Å². The minimum Gasteiger partial charge on any atom is -0.373 e. The molecule has 0 spiro atoms. The fraction of sp³-hybridized carbons (Fsp3) is 0.636. The molecule has 2 rings (SSSR count). The van der Waals surface area contributed by atoms with Crippen LogP contribution in [0.25, 0.3) is 0 Å².